The van der Waals surface area contributed by atoms with E-state index in [2.05, 4.69) is 10.6 Å². The fraction of sp³-hybridized carbons (Fsp3) is 0.462. The van der Waals surface area contributed by atoms with Gasteiger partial charge in [0.25, 0.3) is 0 Å². The van der Waals surface area contributed by atoms with Gasteiger partial charge in [0.2, 0.25) is 5.91 Å². The van der Waals surface area contributed by atoms with Crippen LogP contribution in [0.4, 0.5) is 4.39 Å². The molecule has 1 aromatic rings. The minimum Gasteiger partial charge on any atom is -0.355 e. The van der Waals surface area contributed by atoms with Crippen LogP contribution in [0.1, 0.15) is 25.8 Å². The predicted molar refractivity (Wildman–Crippen MR) is 71.0 cm³/mol. The van der Waals surface area contributed by atoms with Crippen molar-refractivity contribution in [2.75, 3.05) is 6.54 Å². The molecule has 0 aliphatic carbocycles. The first kappa shape index (κ1) is 14.9. The molecule has 3 nitrogen and oxygen atoms in total. The van der Waals surface area contributed by atoms with Gasteiger partial charge >= 0.3 is 0 Å². The van der Waals surface area contributed by atoms with Gasteiger partial charge in [-0.05, 0) is 25.0 Å². The summed E-state index contributed by atoms with van der Waals surface area (Å²) >= 11 is 5.82. The number of halogens is 2. The molecule has 5 heteroatoms. The normalized spacial score (nSPS) is 12.2. The third-order valence-corrected chi connectivity index (χ3v) is 3.00. The summed E-state index contributed by atoms with van der Waals surface area (Å²) in [6.45, 7) is 4.77. The van der Waals surface area contributed by atoms with Crippen molar-refractivity contribution < 1.29 is 9.18 Å². The largest absolute Gasteiger partial charge is 0.355 e. The maximum Gasteiger partial charge on any atom is 0.236 e. The fourth-order valence-corrected chi connectivity index (χ4v) is 1.63. The molecular formula is C13H18ClFN2O. The molecule has 0 aliphatic heterocycles. The number of nitrogens with one attached hydrogen (secondary N) is 2. The molecular weight excluding hydrogens is 255 g/mol. The lowest BCUT2D eigenvalue weighted by Gasteiger charge is -2.14. The van der Waals surface area contributed by atoms with Crippen molar-refractivity contribution in [1.82, 2.24) is 10.6 Å². The molecule has 1 atom stereocenters. The molecule has 0 heterocycles. The Morgan fingerprint density at radius 3 is 2.89 bits per heavy atom. The molecule has 18 heavy (non-hydrogen) atoms. The second-order valence-corrected chi connectivity index (χ2v) is 4.48. The van der Waals surface area contributed by atoms with Crippen molar-refractivity contribution in [1.29, 1.82) is 0 Å². The first-order chi connectivity index (χ1) is 8.56. The summed E-state index contributed by atoms with van der Waals surface area (Å²) in [5.41, 5.74) is 0.645. The van der Waals surface area contributed by atoms with Gasteiger partial charge in [0.15, 0.2) is 0 Å². The zero-order valence-corrected chi connectivity index (χ0v) is 11.4. The molecule has 100 valence electrons. The van der Waals surface area contributed by atoms with Crippen LogP contribution >= 0.6 is 11.6 Å². The molecule has 0 spiro atoms. The maximum absolute atomic E-state index is 13.2. The SMILES string of the molecule is CCCNC(=O)C(C)NCc1cccc(F)c1Cl. The van der Waals surface area contributed by atoms with Crippen LogP contribution in [-0.4, -0.2) is 18.5 Å². The van der Waals surface area contributed by atoms with Gasteiger partial charge in [-0.3, -0.25) is 4.79 Å². The highest BCUT2D eigenvalue weighted by atomic mass is 35.5. The van der Waals surface area contributed by atoms with Gasteiger partial charge in [-0.1, -0.05) is 30.7 Å². The Morgan fingerprint density at radius 1 is 1.50 bits per heavy atom. The second-order valence-electron chi connectivity index (χ2n) is 4.11. The van der Waals surface area contributed by atoms with E-state index in [1.54, 1.807) is 19.1 Å². The van der Waals surface area contributed by atoms with E-state index in [0.717, 1.165) is 6.42 Å². The summed E-state index contributed by atoms with van der Waals surface area (Å²) < 4.78 is 13.2. The van der Waals surface area contributed by atoms with E-state index in [-0.39, 0.29) is 17.0 Å². The van der Waals surface area contributed by atoms with Gasteiger partial charge in [0.1, 0.15) is 5.82 Å². The smallest absolute Gasteiger partial charge is 0.236 e. The molecule has 0 bridgehead atoms. The van der Waals surface area contributed by atoms with Gasteiger partial charge in [-0.15, -0.1) is 0 Å². The average molecular weight is 273 g/mol. The number of carbonyl (C=O) groups is 1. The van der Waals surface area contributed by atoms with Crippen LogP contribution in [0.5, 0.6) is 0 Å². The van der Waals surface area contributed by atoms with Gasteiger partial charge in [0.05, 0.1) is 11.1 Å². The Balaban J connectivity index is 2.49. The molecule has 0 fully saturated rings. The van der Waals surface area contributed by atoms with Gasteiger partial charge < -0.3 is 10.6 Å². The van der Waals surface area contributed by atoms with E-state index < -0.39 is 5.82 Å². The Labute approximate surface area is 112 Å². The lowest BCUT2D eigenvalue weighted by Crippen LogP contribution is -2.42. The predicted octanol–water partition coefficient (Wildman–Crippen LogP) is 2.48. The topological polar surface area (TPSA) is 41.1 Å². The van der Waals surface area contributed by atoms with Crippen molar-refractivity contribution >= 4 is 17.5 Å². The van der Waals surface area contributed by atoms with Crippen LogP contribution in [0, 0.1) is 5.82 Å². The summed E-state index contributed by atoms with van der Waals surface area (Å²) in [7, 11) is 0. The number of amides is 1. The van der Waals surface area contributed by atoms with Gasteiger partial charge in [0, 0.05) is 13.1 Å². The molecule has 0 saturated carbocycles. The van der Waals surface area contributed by atoms with Crippen molar-refractivity contribution in [2.45, 2.75) is 32.9 Å². The first-order valence-electron chi connectivity index (χ1n) is 6.00. The van der Waals surface area contributed by atoms with E-state index in [0.29, 0.717) is 18.7 Å². The minimum atomic E-state index is -0.445. The van der Waals surface area contributed by atoms with Crippen LogP contribution in [-0.2, 0) is 11.3 Å². The van der Waals surface area contributed by atoms with E-state index in [9.17, 15) is 9.18 Å². The number of hydrogen-bond donors (Lipinski definition) is 2. The summed E-state index contributed by atoms with van der Waals surface area (Å²) in [4.78, 5) is 11.6. The second kappa shape index (κ2) is 7.34. The fourth-order valence-electron chi connectivity index (χ4n) is 1.44. The Kier molecular flexibility index (Phi) is 6.09. The highest BCUT2D eigenvalue weighted by molar-refractivity contribution is 6.31. The van der Waals surface area contributed by atoms with Gasteiger partial charge in [-0.2, -0.15) is 0 Å². The lowest BCUT2D eigenvalue weighted by molar-refractivity contribution is -0.122. The van der Waals surface area contributed by atoms with Crippen molar-refractivity contribution in [3.63, 3.8) is 0 Å². The average Bonchev–Trinajstić information content (AvgIpc) is 2.37. The molecule has 0 aliphatic rings. The highest BCUT2D eigenvalue weighted by Gasteiger charge is 2.12. The van der Waals surface area contributed by atoms with Crippen LogP contribution in [0.15, 0.2) is 18.2 Å². The molecule has 2 N–H and O–H groups in total. The Hall–Kier alpha value is -1.13. The third kappa shape index (κ3) is 4.27. The van der Waals surface area contributed by atoms with Crippen LogP contribution in [0.3, 0.4) is 0 Å². The summed E-state index contributed by atoms with van der Waals surface area (Å²) in [5, 5.41) is 5.90. The van der Waals surface area contributed by atoms with E-state index >= 15 is 0 Å². The van der Waals surface area contributed by atoms with E-state index in [1.807, 2.05) is 6.92 Å². The van der Waals surface area contributed by atoms with E-state index in [4.69, 9.17) is 11.6 Å². The van der Waals surface area contributed by atoms with Gasteiger partial charge in [-0.25, -0.2) is 4.39 Å². The van der Waals surface area contributed by atoms with Crippen molar-refractivity contribution in [3.8, 4) is 0 Å². The third-order valence-electron chi connectivity index (χ3n) is 2.57. The molecule has 0 saturated heterocycles. The number of benzene rings is 1. The lowest BCUT2D eigenvalue weighted by atomic mass is 10.2. The summed E-state index contributed by atoms with van der Waals surface area (Å²) in [6, 6.07) is 4.30. The molecule has 1 amide bonds. The highest BCUT2D eigenvalue weighted by Crippen LogP contribution is 2.19. The molecule has 0 radical (unpaired) electrons. The van der Waals surface area contributed by atoms with E-state index in [1.165, 1.54) is 6.07 Å². The quantitative estimate of drug-likeness (QED) is 0.835. The van der Waals surface area contributed by atoms with Crippen molar-refractivity contribution in [3.05, 3.63) is 34.6 Å². The number of carbonyl (C=O) groups excluding carboxylic acids is 1. The number of rotatable bonds is 6. The molecule has 1 unspecified atom stereocenters. The summed E-state index contributed by atoms with van der Waals surface area (Å²) in [6.07, 6.45) is 0.897. The van der Waals surface area contributed by atoms with Crippen LogP contribution in [0.2, 0.25) is 5.02 Å². The zero-order chi connectivity index (χ0) is 13.5. The number of hydrogen-bond acceptors (Lipinski definition) is 2. The molecule has 1 aromatic carbocycles. The maximum atomic E-state index is 13.2. The standard InChI is InChI=1S/C13H18ClFN2O/c1-3-7-16-13(18)9(2)17-8-10-5-4-6-11(15)12(10)14/h4-6,9,17H,3,7-8H2,1-2H3,(H,16,18). The molecule has 0 aromatic heterocycles. The minimum absolute atomic E-state index is 0.0654. The zero-order valence-electron chi connectivity index (χ0n) is 10.6. The van der Waals surface area contributed by atoms with Crippen LogP contribution in [0.25, 0.3) is 0 Å². The Morgan fingerprint density at radius 2 is 2.22 bits per heavy atom. The summed E-state index contributed by atoms with van der Waals surface area (Å²) in [5.74, 6) is -0.511. The molecule has 1 rings (SSSR count). The first-order valence-corrected chi connectivity index (χ1v) is 6.38. The van der Waals surface area contributed by atoms with Crippen LogP contribution < -0.4 is 10.6 Å². The Bertz CT molecular complexity index is 412. The van der Waals surface area contributed by atoms with Crippen molar-refractivity contribution in [2.24, 2.45) is 0 Å². The monoisotopic (exact) mass is 272 g/mol.